The first kappa shape index (κ1) is 38.9. The summed E-state index contributed by atoms with van der Waals surface area (Å²) in [4.78, 5) is 0. The van der Waals surface area contributed by atoms with E-state index in [-0.39, 0.29) is 16.2 Å². The Kier molecular flexibility index (Phi) is 12.1. The van der Waals surface area contributed by atoms with Crippen molar-refractivity contribution in [2.75, 3.05) is 26.4 Å². The highest BCUT2D eigenvalue weighted by Crippen LogP contribution is 2.47. The molecule has 0 spiro atoms. The number of hydrogen-bond donors (Lipinski definition) is 0. The van der Waals surface area contributed by atoms with Crippen molar-refractivity contribution in [3.63, 3.8) is 0 Å². The Hall–Kier alpha value is -4.34. The topological polar surface area (TPSA) is 27.7 Å². The normalized spacial score (nSPS) is 12.5. The van der Waals surface area contributed by atoms with Crippen LogP contribution in [0.15, 0.2) is 121 Å². The fraction of sp³-hybridized carbons (Fsp3) is 0.388. The fourth-order valence-corrected chi connectivity index (χ4v) is 6.82. The molecule has 0 aliphatic carbocycles. The molecule has 0 amide bonds. The summed E-state index contributed by atoms with van der Waals surface area (Å²) in [5.41, 5.74) is 9.77. The monoisotopic (exact) mass is 696 g/mol. The van der Waals surface area contributed by atoms with Crippen molar-refractivity contribution in [3.05, 3.63) is 166 Å². The average Bonchev–Trinajstić information content (AvgIpc) is 3.12. The van der Waals surface area contributed by atoms with Crippen LogP contribution in [-0.4, -0.2) is 26.4 Å². The Labute approximate surface area is 314 Å². The van der Waals surface area contributed by atoms with E-state index in [9.17, 15) is 0 Å². The first-order valence-electron chi connectivity index (χ1n) is 19.0. The zero-order valence-electron chi connectivity index (χ0n) is 33.3. The zero-order valence-corrected chi connectivity index (χ0v) is 33.3. The van der Waals surface area contributed by atoms with Gasteiger partial charge in [0.15, 0.2) is 0 Å². The molecule has 0 saturated heterocycles. The van der Waals surface area contributed by atoms with Crippen LogP contribution in [0.2, 0.25) is 0 Å². The van der Waals surface area contributed by atoms with E-state index < -0.39 is 5.41 Å². The summed E-state index contributed by atoms with van der Waals surface area (Å²) in [5.74, 6) is 1.69. The molecule has 5 aromatic carbocycles. The Morgan fingerprint density at radius 2 is 0.615 bits per heavy atom. The average molecular weight is 697 g/mol. The van der Waals surface area contributed by atoms with Gasteiger partial charge in [-0.05, 0) is 91.4 Å². The Morgan fingerprint density at radius 1 is 0.346 bits per heavy atom. The molecule has 0 aliphatic rings. The minimum Gasteiger partial charge on any atom is -0.491 e. The second kappa shape index (κ2) is 16.1. The van der Waals surface area contributed by atoms with Gasteiger partial charge in [-0.3, -0.25) is 0 Å². The van der Waals surface area contributed by atoms with Crippen LogP contribution in [0.4, 0.5) is 0 Å². The summed E-state index contributed by atoms with van der Waals surface area (Å²) in [7, 11) is 0. The van der Waals surface area contributed by atoms with Crippen LogP contribution >= 0.6 is 0 Å². The summed E-state index contributed by atoms with van der Waals surface area (Å²) in [6, 6.07) is 44.8. The maximum absolute atomic E-state index is 6.17. The van der Waals surface area contributed by atoms with E-state index in [4.69, 9.17) is 14.2 Å². The van der Waals surface area contributed by atoms with Gasteiger partial charge in [0.2, 0.25) is 0 Å². The lowest BCUT2D eigenvalue weighted by atomic mass is 9.64. The van der Waals surface area contributed by atoms with E-state index in [0.717, 1.165) is 17.9 Å². The lowest BCUT2D eigenvalue weighted by Gasteiger charge is -2.38. The zero-order chi connectivity index (χ0) is 37.6. The van der Waals surface area contributed by atoms with Crippen LogP contribution < -0.4 is 9.47 Å². The molecule has 0 radical (unpaired) electrons. The van der Waals surface area contributed by atoms with E-state index in [1.54, 1.807) is 0 Å². The van der Waals surface area contributed by atoms with Crippen LogP contribution in [0, 0.1) is 0 Å². The molecule has 52 heavy (non-hydrogen) atoms. The molecular formula is C49H60O3. The molecule has 5 aromatic rings. The largest absolute Gasteiger partial charge is 0.491 e. The third-order valence-corrected chi connectivity index (χ3v) is 10.2. The predicted molar refractivity (Wildman–Crippen MR) is 218 cm³/mol. The van der Waals surface area contributed by atoms with Gasteiger partial charge in [-0.2, -0.15) is 0 Å². The van der Waals surface area contributed by atoms with E-state index in [1.165, 1.54) is 44.5 Å². The van der Waals surface area contributed by atoms with Crippen molar-refractivity contribution in [2.24, 2.45) is 0 Å². The molecule has 0 aromatic heterocycles. The van der Waals surface area contributed by atoms with E-state index in [1.807, 2.05) is 12.1 Å². The van der Waals surface area contributed by atoms with Crippen molar-refractivity contribution in [3.8, 4) is 11.5 Å². The van der Waals surface area contributed by atoms with Crippen molar-refractivity contribution in [1.82, 2.24) is 0 Å². The minimum absolute atomic E-state index is 0.0559. The number of aryl methyl sites for hydroxylation is 1. The number of rotatable bonds is 13. The van der Waals surface area contributed by atoms with Crippen LogP contribution in [0.3, 0.4) is 0 Å². The summed E-state index contributed by atoms with van der Waals surface area (Å²) in [5, 5.41) is 0. The van der Waals surface area contributed by atoms with Crippen molar-refractivity contribution >= 4 is 0 Å². The van der Waals surface area contributed by atoms with Gasteiger partial charge < -0.3 is 14.2 Å². The molecule has 0 aliphatic heterocycles. The van der Waals surface area contributed by atoms with E-state index in [0.29, 0.717) is 26.4 Å². The van der Waals surface area contributed by atoms with Crippen molar-refractivity contribution in [1.29, 1.82) is 0 Å². The van der Waals surface area contributed by atoms with Crippen molar-refractivity contribution < 1.29 is 14.2 Å². The predicted octanol–water partition coefficient (Wildman–Crippen LogP) is 12.0. The minimum atomic E-state index is -0.554. The van der Waals surface area contributed by atoms with Gasteiger partial charge in [0, 0.05) is 0 Å². The molecule has 0 atom stereocenters. The molecule has 3 nitrogen and oxygen atoms in total. The summed E-state index contributed by atoms with van der Waals surface area (Å²) in [6.07, 6.45) is 1.02. The second-order valence-corrected chi connectivity index (χ2v) is 17.1. The molecule has 5 rings (SSSR count). The van der Waals surface area contributed by atoms with Gasteiger partial charge in [0.1, 0.15) is 24.7 Å². The van der Waals surface area contributed by atoms with Gasteiger partial charge >= 0.3 is 0 Å². The maximum atomic E-state index is 6.17. The standard InChI is InChI=1S/C49H60O3/c1-11-36-12-28-44(29-13-36)51-34-32-50-33-35-52-45-30-26-43(27-31-45)49(40-20-14-37(15-21-40)46(2,3)4,41-22-16-38(17-23-41)47(5,6)7)42-24-18-39(19-25-42)48(8,9)10/h12-31H,11,32-35H2,1-10H3. The third-order valence-electron chi connectivity index (χ3n) is 10.2. The Bertz CT molecular complexity index is 1690. The first-order valence-corrected chi connectivity index (χ1v) is 19.0. The van der Waals surface area contributed by atoms with Gasteiger partial charge in [0.25, 0.3) is 0 Å². The molecule has 0 unspecified atom stereocenters. The van der Waals surface area contributed by atoms with Gasteiger partial charge in [-0.1, -0.05) is 166 Å². The quantitative estimate of drug-likeness (QED) is 0.0906. The second-order valence-electron chi connectivity index (χ2n) is 17.1. The Morgan fingerprint density at radius 3 is 0.904 bits per heavy atom. The molecular weight excluding hydrogens is 637 g/mol. The van der Waals surface area contributed by atoms with Crippen LogP contribution in [0.1, 0.15) is 114 Å². The van der Waals surface area contributed by atoms with E-state index >= 15 is 0 Å². The van der Waals surface area contributed by atoms with E-state index in [2.05, 4.69) is 178 Å². The van der Waals surface area contributed by atoms with Gasteiger partial charge in [-0.25, -0.2) is 0 Å². The molecule has 0 fully saturated rings. The highest BCUT2D eigenvalue weighted by molar-refractivity contribution is 5.61. The molecule has 0 N–H and O–H groups in total. The fourth-order valence-electron chi connectivity index (χ4n) is 6.82. The Balaban J connectivity index is 1.44. The summed E-state index contributed by atoms with van der Waals surface area (Å²) >= 11 is 0. The highest BCUT2D eigenvalue weighted by Gasteiger charge is 2.39. The molecule has 0 heterocycles. The number of ether oxygens (including phenoxy) is 3. The molecule has 3 heteroatoms. The lowest BCUT2D eigenvalue weighted by molar-refractivity contribution is 0.0764. The molecule has 0 bridgehead atoms. The smallest absolute Gasteiger partial charge is 0.119 e. The van der Waals surface area contributed by atoms with Crippen LogP contribution in [-0.2, 0) is 32.8 Å². The third kappa shape index (κ3) is 9.17. The number of benzene rings is 5. The SMILES string of the molecule is CCc1ccc(OCCOCCOc2ccc(C(c3ccc(C(C)(C)C)cc3)(c3ccc(C(C)(C)C)cc3)c3ccc(C(C)(C)C)cc3)cc2)cc1. The highest BCUT2D eigenvalue weighted by atomic mass is 16.5. The first-order chi connectivity index (χ1) is 24.6. The molecule has 274 valence electrons. The van der Waals surface area contributed by atoms with Gasteiger partial charge in [-0.15, -0.1) is 0 Å². The lowest BCUT2D eigenvalue weighted by Crippen LogP contribution is -2.31. The summed E-state index contributed by atoms with van der Waals surface area (Å²) < 4.78 is 17.8. The van der Waals surface area contributed by atoms with Crippen LogP contribution in [0.5, 0.6) is 11.5 Å². The van der Waals surface area contributed by atoms with Crippen LogP contribution in [0.25, 0.3) is 0 Å². The van der Waals surface area contributed by atoms with Gasteiger partial charge in [0.05, 0.1) is 18.6 Å². The maximum Gasteiger partial charge on any atom is 0.119 e. The van der Waals surface area contributed by atoms with Crippen molar-refractivity contribution in [2.45, 2.75) is 97.3 Å². The number of hydrogen-bond acceptors (Lipinski definition) is 3. The molecule has 0 saturated carbocycles. The summed E-state index contributed by atoms with van der Waals surface area (Å²) in [6.45, 7) is 24.6.